The number of methoxy groups -OCH3 is 1. The first-order valence-corrected chi connectivity index (χ1v) is 9.98. The fourth-order valence-electron chi connectivity index (χ4n) is 3.46. The lowest BCUT2D eigenvalue weighted by atomic mass is 10.1. The van der Waals surface area contributed by atoms with Crippen molar-refractivity contribution in [1.82, 2.24) is 10.2 Å². The zero-order valence-electron chi connectivity index (χ0n) is 15.7. The van der Waals surface area contributed by atoms with Gasteiger partial charge in [-0.1, -0.05) is 0 Å². The molecule has 6 nitrogen and oxygen atoms in total. The molecule has 3 amide bonds. The Hall–Kier alpha value is -2.15. The molecule has 1 aromatic carbocycles. The van der Waals surface area contributed by atoms with Crippen LogP contribution in [0, 0.1) is 13.8 Å². The summed E-state index contributed by atoms with van der Waals surface area (Å²) in [5.74, 6) is 1.88. The maximum Gasteiger partial charge on any atom is 0.325 e. The molecule has 1 saturated heterocycles. The van der Waals surface area contributed by atoms with E-state index in [1.807, 2.05) is 39.2 Å². The lowest BCUT2D eigenvalue weighted by Crippen LogP contribution is -2.34. The van der Waals surface area contributed by atoms with Crippen molar-refractivity contribution in [2.75, 3.05) is 19.1 Å². The Morgan fingerprint density at radius 1 is 1.35 bits per heavy atom. The molecule has 2 atom stereocenters. The van der Waals surface area contributed by atoms with Crippen LogP contribution in [-0.2, 0) is 4.79 Å². The molecule has 140 valence electrons. The molecule has 0 spiro atoms. The summed E-state index contributed by atoms with van der Waals surface area (Å²) >= 11 is 1.65. The summed E-state index contributed by atoms with van der Waals surface area (Å²) in [4.78, 5) is 26.4. The molecular formula is C19H24N2O4S. The standard InChI is InChI=1S/C19H24N2O4S/c1-10-8-13-11(2)16(25-17(13)15(9-10)24-4)12(3)21-18(22)14(6-7-26-5)20-19(21)23/h8-9,12,14H,6-7H2,1-5H3,(H,20,23)/t12-,14+/m1/s1. The van der Waals surface area contributed by atoms with E-state index in [2.05, 4.69) is 5.32 Å². The van der Waals surface area contributed by atoms with Gasteiger partial charge in [0.15, 0.2) is 11.3 Å². The molecule has 0 aliphatic carbocycles. The van der Waals surface area contributed by atoms with Gasteiger partial charge in [-0.05, 0) is 56.9 Å². The summed E-state index contributed by atoms with van der Waals surface area (Å²) in [7, 11) is 1.60. The van der Waals surface area contributed by atoms with E-state index < -0.39 is 12.1 Å². The van der Waals surface area contributed by atoms with Crippen molar-refractivity contribution in [1.29, 1.82) is 0 Å². The van der Waals surface area contributed by atoms with Crippen LogP contribution in [-0.4, -0.2) is 42.0 Å². The Morgan fingerprint density at radius 2 is 2.08 bits per heavy atom. The zero-order chi connectivity index (χ0) is 19.0. The zero-order valence-corrected chi connectivity index (χ0v) is 16.5. The first kappa shape index (κ1) is 18.6. The van der Waals surface area contributed by atoms with Gasteiger partial charge < -0.3 is 14.5 Å². The highest BCUT2D eigenvalue weighted by Crippen LogP contribution is 2.38. The van der Waals surface area contributed by atoms with Crippen LogP contribution >= 0.6 is 11.8 Å². The van der Waals surface area contributed by atoms with Crippen LogP contribution in [0.4, 0.5) is 4.79 Å². The number of aryl methyl sites for hydroxylation is 2. The Balaban J connectivity index is 1.97. The Morgan fingerprint density at radius 3 is 2.73 bits per heavy atom. The van der Waals surface area contributed by atoms with Crippen LogP contribution in [0.5, 0.6) is 5.75 Å². The summed E-state index contributed by atoms with van der Waals surface area (Å²) in [6, 6.07) is 2.63. The lowest BCUT2D eigenvalue weighted by Gasteiger charge is -2.20. The largest absolute Gasteiger partial charge is 0.493 e. The van der Waals surface area contributed by atoms with Gasteiger partial charge in [-0.2, -0.15) is 11.8 Å². The molecule has 1 N–H and O–H groups in total. The van der Waals surface area contributed by atoms with Crippen LogP contribution in [0.25, 0.3) is 11.0 Å². The third-order valence-corrected chi connectivity index (χ3v) is 5.48. The number of urea groups is 1. The highest BCUT2D eigenvalue weighted by atomic mass is 32.2. The molecule has 26 heavy (non-hydrogen) atoms. The van der Waals surface area contributed by atoms with Crippen LogP contribution in [0.15, 0.2) is 16.5 Å². The first-order chi connectivity index (χ1) is 12.4. The van der Waals surface area contributed by atoms with E-state index in [0.717, 1.165) is 22.3 Å². The predicted octanol–water partition coefficient (Wildman–Crippen LogP) is 3.79. The number of fused-ring (bicyclic) bond motifs is 1. The molecule has 0 radical (unpaired) electrons. The molecule has 1 fully saturated rings. The fourth-order valence-corrected chi connectivity index (χ4v) is 3.93. The van der Waals surface area contributed by atoms with E-state index in [1.165, 1.54) is 4.90 Å². The van der Waals surface area contributed by atoms with Gasteiger partial charge in [-0.15, -0.1) is 0 Å². The Bertz CT molecular complexity index is 861. The number of amides is 3. The van der Waals surface area contributed by atoms with E-state index in [-0.39, 0.29) is 11.9 Å². The van der Waals surface area contributed by atoms with E-state index in [4.69, 9.17) is 9.15 Å². The monoisotopic (exact) mass is 376 g/mol. The third-order valence-electron chi connectivity index (χ3n) is 4.83. The van der Waals surface area contributed by atoms with Gasteiger partial charge in [-0.3, -0.25) is 9.69 Å². The number of imide groups is 1. The molecular weight excluding hydrogens is 352 g/mol. The van der Waals surface area contributed by atoms with Crippen molar-refractivity contribution < 1.29 is 18.7 Å². The second kappa shape index (κ2) is 7.23. The average molecular weight is 376 g/mol. The summed E-state index contributed by atoms with van der Waals surface area (Å²) in [5.41, 5.74) is 2.62. The number of ether oxygens (including phenoxy) is 1. The van der Waals surface area contributed by atoms with E-state index in [1.54, 1.807) is 18.9 Å². The van der Waals surface area contributed by atoms with Gasteiger partial charge in [0.05, 0.1) is 13.2 Å². The number of carbonyl (C=O) groups is 2. The first-order valence-electron chi connectivity index (χ1n) is 8.59. The van der Waals surface area contributed by atoms with E-state index in [9.17, 15) is 9.59 Å². The van der Waals surface area contributed by atoms with Gasteiger partial charge >= 0.3 is 6.03 Å². The number of hydrogen-bond donors (Lipinski definition) is 1. The van der Waals surface area contributed by atoms with Crippen molar-refractivity contribution >= 4 is 34.7 Å². The minimum absolute atomic E-state index is 0.195. The third kappa shape index (κ3) is 3.05. The van der Waals surface area contributed by atoms with Crippen molar-refractivity contribution in [2.45, 2.75) is 39.3 Å². The Labute approximate surface area is 157 Å². The smallest absolute Gasteiger partial charge is 0.325 e. The lowest BCUT2D eigenvalue weighted by molar-refractivity contribution is -0.129. The van der Waals surface area contributed by atoms with Gasteiger partial charge in [0.2, 0.25) is 0 Å². The number of nitrogens with one attached hydrogen (secondary N) is 1. The number of hydrogen-bond acceptors (Lipinski definition) is 5. The molecule has 3 rings (SSSR count). The number of carbonyl (C=O) groups excluding carboxylic acids is 2. The number of benzene rings is 1. The van der Waals surface area contributed by atoms with Crippen LogP contribution in [0.2, 0.25) is 0 Å². The number of nitrogens with zero attached hydrogens (tertiary/aromatic N) is 1. The van der Waals surface area contributed by atoms with Crippen molar-refractivity contribution in [2.24, 2.45) is 0 Å². The SMILES string of the molecule is COc1cc(C)cc2c(C)c([C@@H](C)N3C(=O)N[C@@H](CCSC)C3=O)oc12. The summed E-state index contributed by atoms with van der Waals surface area (Å²) in [6.07, 6.45) is 2.61. The minimum atomic E-state index is -0.487. The second-order valence-electron chi connectivity index (χ2n) is 6.60. The van der Waals surface area contributed by atoms with Crippen molar-refractivity contribution in [3.05, 3.63) is 29.0 Å². The minimum Gasteiger partial charge on any atom is -0.493 e. The van der Waals surface area contributed by atoms with Gasteiger partial charge in [0, 0.05) is 10.9 Å². The molecule has 7 heteroatoms. The van der Waals surface area contributed by atoms with Crippen molar-refractivity contribution in [3.63, 3.8) is 0 Å². The average Bonchev–Trinajstić information content (AvgIpc) is 3.08. The van der Waals surface area contributed by atoms with E-state index in [0.29, 0.717) is 23.5 Å². The summed E-state index contributed by atoms with van der Waals surface area (Å²) in [6.45, 7) is 5.75. The fraction of sp³-hybridized carbons (Fsp3) is 0.474. The summed E-state index contributed by atoms with van der Waals surface area (Å²) < 4.78 is 11.5. The molecule has 1 aliphatic heterocycles. The maximum atomic E-state index is 12.7. The highest BCUT2D eigenvalue weighted by molar-refractivity contribution is 7.98. The molecule has 2 heterocycles. The number of furan rings is 1. The van der Waals surface area contributed by atoms with Gasteiger partial charge in [-0.25, -0.2) is 4.79 Å². The number of thioether (sulfide) groups is 1. The van der Waals surface area contributed by atoms with Crippen LogP contribution in [0.1, 0.15) is 36.3 Å². The van der Waals surface area contributed by atoms with E-state index >= 15 is 0 Å². The second-order valence-corrected chi connectivity index (χ2v) is 7.59. The summed E-state index contributed by atoms with van der Waals surface area (Å²) in [5, 5.41) is 3.72. The van der Waals surface area contributed by atoms with Crippen molar-refractivity contribution in [3.8, 4) is 5.75 Å². The quantitative estimate of drug-likeness (QED) is 0.777. The van der Waals surface area contributed by atoms with Gasteiger partial charge in [0.1, 0.15) is 11.8 Å². The molecule has 2 aromatic rings. The normalized spacial score (nSPS) is 18.5. The molecule has 1 aromatic heterocycles. The molecule has 1 aliphatic rings. The van der Waals surface area contributed by atoms with Crippen LogP contribution < -0.4 is 10.1 Å². The predicted molar refractivity (Wildman–Crippen MR) is 103 cm³/mol. The topological polar surface area (TPSA) is 71.8 Å². The maximum absolute atomic E-state index is 12.7. The molecule has 0 bridgehead atoms. The molecule has 0 saturated carbocycles. The molecule has 0 unspecified atom stereocenters. The number of rotatable bonds is 6. The van der Waals surface area contributed by atoms with Crippen LogP contribution in [0.3, 0.4) is 0 Å². The Kier molecular flexibility index (Phi) is 5.18. The highest BCUT2D eigenvalue weighted by Gasteiger charge is 2.42. The van der Waals surface area contributed by atoms with Gasteiger partial charge in [0.25, 0.3) is 5.91 Å².